The van der Waals surface area contributed by atoms with Crippen molar-refractivity contribution in [3.63, 3.8) is 0 Å². The van der Waals surface area contributed by atoms with Crippen LogP contribution in [0, 0.1) is 6.92 Å². The molecule has 1 aromatic heterocycles. The van der Waals surface area contributed by atoms with Crippen molar-refractivity contribution in [2.75, 3.05) is 36.0 Å². The summed E-state index contributed by atoms with van der Waals surface area (Å²) < 4.78 is 3.23. The van der Waals surface area contributed by atoms with Crippen LogP contribution >= 0.6 is 0 Å². The van der Waals surface area contributed by atoms with E-state index in [0.717, 1.165) is 56.1 Å². The Kier molecular flexibility index (Phi) is 6.53. The minimum Gasteiger partial charge on any atom is -0.478 e. The van der Waals surface area contributed by atoms with Gasteiger partial charge in [0.2, 0.25) is 0 Å². The average Bonchev–Trinajstić information content (AvgIpc) is 2.99. The number of carboxylic acid groups (broad SMARTS) is 1. The van der Waals surface area contributed by atoms with Gasteiger partial charge >= 0.3 is 11.7 Å². The van der Waals surface area contributed by atoms with E-state index in [4.69, 9.17) is 5.11 Å². The number of aromatic nitrogens is 3. The molecule has 0 radical (unpaired) electrons. The first-order valence-electron chi connectivity index (χ1n) is 11.5. The zero-order chi connectivity index (χ0) is 23.5. The Hall–Kier alpha value is -3.55. The van der Waals surface area contributed by atoms with Crippen molar-refractivity contribution >= 4 is 17.3 Å². The molecule has 3 aromatic rings. The van der Waals surface area contributed by atoms with Gasteiger partial charge in [0.25, 0.3) is 0 Å². The topological polar surface area (TPSA) is 83.6 Å². The third-order valence-electron chi connectivity index (χ3n) is 6.42. The molecule has 1 atom stereocenters. The number of nitrogens with zero attached hydrogens (tertiary/aromatic N) is 5. The Morgan fingerprint density at radius 1 is 0.939 bits per heavy atom. The Bertz CT molecular complexity index is 1160. The van der Waals surface area contributed by atoms with Crippen LogP contribution in [0.2, 0.25) is 0 Å². The highest BCUT2D eigenvalue weighted by Gasteiger charge is 2.18. The van der Waals surface area contributed by atoms with Gasteiger partial charge in [0.1, 0.15) is 5.82 Å². The fraction of sp³-hybridized carbons (Fsp3) is 0.400. The van der Waals surface area contributed by atoms with Crippen LogP contribution in [0.5, 0.6) is 0 Å². The van der Waals surface area contributed by atoms with E-state index in [1.807, 2.05) is 45.0 Å². The van der Waals surface area contributed by atoms with E-state index in [1.165, 1.54) is 0 Å². The first-order valence-corrected chi connectivity index (χ1v) is 11.5. The second-order valence-corrected chi connectivity index (χ2v) is 8.56. The summed E-state index contributed by atoms with van der Waals surface area (Å²) >= 11 is 0. The zero-order valence-corrected chi connectivity index (χ0v) is 19.4. The van der Waals surface area contributed by atoms with Crippen molar-refractivity contribution < 1.29 is 9.90 Å². The van der Waals surface area contributed by atoms with Gasteiger partial charge in [-0.1, -0.05) is 6.92 Å². The molecule has 8 nitrogen and oxygen atoms in total. The maximum atomic E-state index is 12.9. The summed E-state index contributed by atoms with van der Waals surface area (Å²) in [6.45, 7) is 9.50. The predicted molar refractivity (Wildman–Crippen MR) is 130 cm³/mol. The lowest BCUT2D eigenvalue weighted by Gasteiger charge is -2.25. The SMILES string of the molecule is CCC(C)n1nc(C)n(-c2ccc(N3CCCN(c4ccc(C(=O)O)cc4)CC3)cc2)c1=O. The molecule has 0 aliphatic carbocycles. The molecule has 2 heterocycles. The third kappa shape index (κ3) is 4.65. The number of anilines is 2. The van der Waals surface area contributed by atoms with Crippen LogP contribution in [-0.2, 0) is 0 Å². The van der Waals surface area contributed by atoms with Gasteiger partial charge < -0.3 is 14.9 Å². The molecule has 1 fully saturated rings. The molecule has 33 heavy (non-hydrogen) atoms. The molecule has 1 aliphatic rings. The number of aryl methyl sites for hydroxylation is 1. The fourth-order valence-electron chi connectivity index (χ4n) is 4.30. The van der Waals surface area contributed by atoms with E-state index in [2.05, 4.69) is 27.0 Å². The largest absolute Gasteiger partial charge is 0.478 e. The standard InChI is InChI=1S/C25H31N5O3/c1-4-18(2)30-25(33)29(19(3)26-30)23-12-10-22(11-13-23)28-15-5-14-27(16-17-28)21-8-6-20(7-9-21)24(31)32/h6-13,18H,4-5,14-17H2,1-3H3,(H,31,32). The van der Waals surface area contributed by atoms with E-state index in [-0.39, 0.29) is 11.7 Å². The molecule has 1 N–H and O–H groups in total. The maximum absolute atomic E-state index is 12.9. The van der Waals surface area contributed by atoms with Gasteiger partial charge in [-0.3, -0.25) is 0 Å². The fourth-order valence-corrected chi connectivity index (χ4v) is 4.30. The maximum Gasteiger partial charge on any atom is 0.350 e. The number of carbonyl (C=O) groups is 1. The Balaban J connectivity index is 1.47. The van der Waals surface area contributed by atoms with Gasteiger partial charge in [-0.25, -0.2) is 18.8 Å². The van der Waals surface area contributed by atoms with Crippen LogP contribution < -0.4 is 15.5 Å². The highest BCUT2D eigenvalue weighted by Crippen LogP contribution is 2.22. The van der Waals surface area contributed by atoms with E-state index < -0.39 is 5.97 Å². The number of hydrogen-bond acceptors (Lipinski definition) is 5. The lowest BCUT2D eigenvalue weighted by atomic mass is 10.2. The summed E-state index contributed by atoms with van der Waals surface area (Å²) in [6, 6.07) is 15.3. The van der Waals surface area contributed by atoms with Crippen molar-refractivity contribution in [2.45, 2.75) is 39.7 Å². The number of hydrogen-bond donors (Lipinski definition) is 1. The number of carboxylic acids is 1. The molecule has 1 unspecified atom stereocenters. The molecule has 2 aromatic carbocycles. The number of aromatic carboxylic acids is 1. The first kappa shape index (κ1) is 22.6. The molecule has 0 amide bonds. The van der Waals surface area contributed by atoms with Gasteiger partial charge in [-0.2, -0.15) is 5.10 Å². The van der Waals surface area contributed by atoms with Gasteiger partial charge in [0.05, 0.1) is 17.3 Å². The van der Waals surface area contributed by atoms with E-state index in [9.17, 15) is 9.59 Å². The summed E-state index contributed by atoms with van der Waals surface area (Å²) in [5, 5.41) is 13.6. The van der Waals surface area contributed by atoms with E-state index in [1.54, 1.807) is 21.4 Å². The van der Waals surface area contributed by atoms with E-state index >= 15 is 0 Å². The van der Waals surface area contributed by atoms with Gasteiger partial charge in [-0.05, 0) is 75.2 Å². The Morgan fingerprint density at radius 3 is 1.97 bits per heavy atom. The highest BCUT2D eigenvalue weighted by atomic mass is 16.4. The van der Waals surface area contributed by atoms with Crippen molar-refractivity contribution in [1.82, 2.24) is 14.3 Å². The van der Waals surface area contributed by atoms with E-state index in [0.29, 0.717) is 11.4 Å². The first-order chi connectivity index (χ1) is 15.9. The molecular formula is C25H31N5O3. The highest BCUT2D eigenvalue weighted by molar-refractivity contribution is 5.88. The van der Waals surface area contributed by atoms with Gasteiger partial charge in [0.15, 0.2) is 0 Å². The Morgan fingerprint density at radius 2 is 1.45 bits per heavy atom. The summed E-state index contributed by atoms with van der Waals surface area (Å²) in [5.74, 6) is -0.218. The average molecular weight is 450 g/mol. The molecule has 0 spiro atoms. The number of benzene rings is 2. The Labute approximate surface area is 193 Å². The molecule has 4 rings (SSSR count). The molecule has 0 saturated carbocycles. The molecule has 1 aliphatic heterocycles. The summed E-state index contributed by atoms with van der Waals surface area (Å²) in [6.07, 6.45) is 1.85. The van der Waals surface area contributed by atoms with Gasteiger partial charge in [0, 0.05) is 37.6 Å². The van der Waals surface area contributed by atoms with Gasteiger partial charge in [-0.15, -0.1) is 0 Å². The zero-order valence-electron chi connectivity index (χ0n) is 19.4. The van der Waals surface area contributed by atoms with Crippen LogP contribution in [0.25, 0.3) is 5.69 Å². The van der Waals surface area contributed by atoms with Crippen molar-refractivity contribution in [3.8, 4) is 5.69 Å². The second kappa shape index (κ2) is 9.52. The molecular weight excluding hydrogens is 418 g/mol. The summed E-state index contributed by atoms with van der Waals surface area (Å²) in [7, 11) is 0. The number of rotatable bonds is 6. The summed E-state index contributed by atoms with van der Waals surface area (Å²) in [4.78, 5) is 28.6. The smallest absolute Gasteiger partial charge is 0.350 e. The molecule has 1 saturated heterocycles. The lowest BCUT2D eigenvalue weighted by molar-refractivity contribution is 0.0697. The van der Waals surface area contributed by atoms with Crippen molar-refractivity contribution in [3.05, 3.63) is 70.4 Å². The quantitative estimate of drug-likeness (QED) is 0.617. The second-order valence-electron chi connectivity index (χ2n) is 8.56. The third-order valence-corrected chi connectivity index (χ3v) is 6.42. The molecule has 0 bridgehead atoms. The van der Waals surface area contributed by atoms with Crippen molar-refractivity contribution in [2.24, 2.45) is 0 Å². The predicted octanol–water partition coefficient (Wildman–Crippen LogP) is 3.73. The molecule has 174 valence electrons. The van der Waals surface area contributed by atoms with Crippen LogP contribution in [0.4, 0.5) is 11.4 Å². The van der Waals surface area contributed by atoms with Crippen LogP contribution in [0.15, 0.2) is 53.3 Å². The minimum absolute atomic E-state index is 0.0668. The minimum atomic E-state index is -0.906. The van der Waals surface area contributed by atoms with Crippen LogP contribution in [-0.4, -0.2) is 51.6 Å². The monoisotopic (exact) mass is 449 g/mol. The lowest BCUT2D eigenvalue weighted by Crippen LogP contribution is -2.30. The normalized spacial score (nSPS) is 15.4. The van der Waals surface area contributed by atoms with Crippen molar-refractivity contribution in [1.29, 1.82) is 0 Å². The summed E-state index contributed by atoms with van der Waals surface area (Å²) in [5.41, 5.74) is 3.20. The molecule has 8 heteroatoms. The van der Waals surface area contributed by atoms with Crippen LogP contribution in [0.3, 0.4) is 0 Å². The van der Waals surface area contributed by atoms with Crippen LogP contribution in [0.1, 0.15) is 48.9 Å².